The van der Waals surface area contributed by atoms with Crippen LogP contribution >= 0.6 is 0 Å². The minimum atomic E-state index is -2.09. The van der Waals surface area contributed by atoms with E-state index >= 15 is 0 Å². The molecular formula is C14H9F4NO2. The number of benzene rings is 2. The van der Waals surface area contributed by atoms with Gasteiger partial charge in [-0.15, -0.1) is 0 Å². The molecule has 2 N–H and O–H groups in total. The number of aromatic carboxylic acids is 1. The maximum atomic E-state index is 13.7. The second kappa shape index (κ2) is 5.82. The summed E-state index contributed by atoms with van der Waals surface area (Å²) in [5, 5.41) is 10.8. The van der Waals surface area contributed by atoms with Gasteiger partial charge in [0, 0.05) is 6.54 Å². The van der Waals surface area contributed by atoms with Crippen LogP contribution in [-0.4, -0.2) is 11.1 Å². The van der Waals surface area contributed by atoms with Crippen molar-refractivity contribution < 1.29 is 27.5 Å². The summed E-state index contributed by atoms with van der Waals surface area (Å²) < 4.78 is 54.3. The Morgan fingerprint density at radius 3 is 1.95 bits per heavy atom. The quantitative estimate of drug-likeness (QED) is 0.670. The summed E-state index contributed by atoms with van der Waals surface area (Å²) in [5.74, 6) is -9.53. The maximum Gasteiger partial charge on any atom is 0.341 e. The monoisotopic (exact) mass is 299 g/mol. The van der Waals surface area contributed by atoms with Gasteiger partial charge in [0.2, 0.25) is 0 Å². The molecule has 0 fully saturated rings. The Labute approximate surface area is 116 Å². The average molecular weight is 299 g/mol. The molecular weight excluding hydrogens is 290 g/mol. The Hall–Kier alpha value is -2.57. The minimum absolute atomic E-state index is 0.0834. The number of hydrogen-bond donors (Lipinski definition) is 2. The van der Waals surface area contributed by atoms with E-state index in [9.17, 15) is 22.4 Å². The number of carboxylic acids is 1. The number of carbonyl (C=O) groups is 1. The largest absolute Gasteiger partial charge is 0.477 e. The first-order valence-corrected chi connectivity index (χ1v) is 5.80. The molecule has 0 amide bonds. The van der Waals surface area contributed by atoms with Crippen LogP contribution in [0.25, 0.3) is 0 Å². The van der Waals surface area contributed by atoms with E-state index in [1.807, 2.05) is 0 Å². The van der Waals surface area contributed by atoms with Crippen LogP contribution in [0.5, 0.6) is 0 Å². The number of rotatable bonds is 4. The summed E-state index contributed by atoms with van der Waals surface area (Å²) in [5.41, 5.74) is -2.08. The van der Waals surface area contributed by atoms with E-state index in [2.05, 4.69) is 5.32 Å². The predicted octanol–water partition coefficient (Wildman–Crippen LogP) is 3.55. The van der Waals surface area contributed by atoms with E-state index in [1.54, 1.807) is 30.3 Å². The molecule has 0 unspecified atom stereocenters. The summed E-state index contributed by atoms with van der Waals surface area (Å²) >= 11 is 0. The summed E-state index contributed by atoms with van der Waals surface area (Å²) in [6.07, 6.45) is 0. The summed E-state index contributed by atoms with van der Waals surface area (Å²) in [7, 11) is 0. The molecule has 0 saturated heterocycles. The number of halogens is 4. The van der Waals surface area contributed by atoms with E-state index in [-0.39, 0.29) is 6.54 Å². The molecule has 0 aliphatic heterocycles. The van der Waals surface area contributed by atoms with Gasteiger partial charge in [-0.25, -0.2) is 22.4 Å². The normalized spacial score (nSPS) is 10.5. The van der Waals surface area contributed by atoms with Gasteiger partial charge in [0.25, 0.3) is 0 Å². The lowest BCUT2D eigenvalue weighted by molar-refractivity contribution is 0.0683. The number of carboxylic acid groups (broad SMARTS) is 1. The number of anilines is 1. The van der Waals surface area contributed by atoms with E-state index in [4.69, 9.17) is 5.11 Å². The Kier molecular flexibility index (Phi) is 4.11. The van der Waals surface area contributed by atoms with Crippen molar-refractivity contribution in [1.82, 2.24) is 0 Å². The van der Waals surface area contributed by atoms with E-state index in [1.165, 1.54) is 0 Å². The van der Waals surface area contributed by atoms with Gasteiger partial charge < -0.3 is 10.4 Å². The molecule has 0 aromatic heterocycles. The Balaban J connectivity index is 2.39. The van der Waals surface area contributed by atoms with Crippen molar-refractivity contribution >= 4 is 11.7 Å². The van der Waals surface area contributed by atoms with Gasteiger partial charge in [-0.2, -0.15) is 0 Å². The highest BCUT2D eigenvalue weighted by atomic mass is 19.2. The molecule has 2 aromatic rings. The summed E-state index contributed by atoms with van der Waals surface area (Å²) in [6.45, 7) is -0.0834. The van der Waals surface area contributed by atoms with Crippen LogP contribution in [0.3, 0.4) is 0 Å². The molecule has 0 aliphatic rings. The molecule has 0 spiro atoms. The highest BCUT2D eigenvalue weighted by molar-refractivity contribution is 5.89. The lowest BCUT2D eigenvalue weighted by atomic mass is 10.1. The standard InChI is InChI=1S/C14H9F4NO2/c15-9-8(14(20)21)10(16)12(18)13(11(9)17)19-6-7-4-2-1-3-5-7/h1-5,19H,6H2,(H,20,21). The molecule has 110 valence electrons. The number of nitrogens with one attached hydrogen (secondary N) is 1. The van der Waals surface area contributed by atoms with Gasteiger partial charge in [0.05, 0.1) is 0 Å². The van der Waals surface area contributed by atoms with Crippen LogP contribution in [-0.2, 0) is 6.54 Å². The fourth-order valence-corrected chi connectivity index (χ4v) is 1.76. The predicted molar refractivity (Wildman–Crippen MR) is 67.0 cm³/mol. The van der Waals surface area contributed by atoms with Crippen molar-refractivity contribution in [2.75, 3.05) is 5.32 Å². The SMILES string of the molecule is O=C(O)c1c(F)c(F)c(NCc2ccccc2)c(F)c1F. The third-order valence-electron chi connectivity index (χ3n) is 2.79. The fraction of sp³-hybridized carbons (Fsp3) is 0.0714. The average Bonchev–Trinajstić information content (AvgIpc) is 2.46. The van der Waals surface area contributed by atoms with Gasteiger partial charge in [-0.05, 0) is 5.56 Å². The van der Waals surface area contributed by atoms with Crippen molar-refractivity contribution in [2.45, 2.75) is 6.54 Å². The van der Waals surface area contributed by atoms with E-state index in [0.29, 0.717) is 5.56 Å². The third kappa shape index (κ3) is 2.81. The van der Waals surface area contributed by atoms with Gasteiger partial charge >= 0.3 is 5.97 Å². The Bertz CT molecular complexity index is 660. The Morgan fingerprint density at radius 2 is 1.48 bits per heavy atom. The highest BCUT2D eigenvalue weighted by Crippen LogP contribution is 2.28. The van der Waals surface area contributed by atoms with Crippen molar-refractivity contribution in [1.29, 1.82) is 0 Å². The molecule has 0 atom stereocenters. The van der Waals surface area contributed by atoms with Gasteiger partial charge in [-0.1, -0.05) is 30.3 Å². The van der Waals surface area contributed by atoms with Gasteiger partial charge in [-0.3, -0.25) is 0 Å². The third-order valence-corrected chi connectivity index (χ3v) is 2.79. The Morgan fingerprint density at radius 1 is 0.952 bits per heavy atom. The van der Waals surface area contributed by atoms with Crippen molar-refractivity contribution in [3.8, 4) is 0 Å². The molecule has 0 aliphatic carbocycles. The van der Waals surface area contributed by atoms with Crippen LogP contribution < -0.4 is 5.32 Å². The molecule has 0 heterocycles. The topological polar surface area (TPSA) is 49.3 Å². The zero-order valence-corrected chi connectivity index (χ0v) is 10.5. The lowest BCUT2D eigenvalue weighted by Gasteiger charge is -2.12. The van der Waals surface area contributed by atoms with E-state index < -0.39 is 40.5 Å². The lowest BCUT2D eigenvalue weighted by Crippen LogP contribution is -2.14. The molecule has 0 saturated carbocycles. The van der Waals surface area contributed by atoms with Crippen LogP contribution in [0, 0.1) is 23.3 Å². The van der Waals surface area contributed by atoms with Crippen LogP contribution in [0.15, 0.2) is 30.3 Å². The first kappa shape index (κ1) is 14.8. The van der Waals surface area contributed by atoms with Gasteiger partial charge in [0.15, 0.2) is 23.3 Å². The zero-order chi connectivity index (χ0) is 15.6. The molecule has 0 bridgehead atoms. The smallest absolute Gasteiger partial charge is 0.341 e. The second-order valence-electron chi connectivity index (χ2n) is 4.15. The second-order valence-corrected chi connectivity index (χ2v) is 4.15. The van der Waals surface area contributed by atoms with Crippen LogP contribution in [0.4, 0.5) is 23.2 Å². The molecule has 2 aromatic carbocycles. The van der Waals surface area contributed by atoms with Crippen molar-refractivity contribution in [3.05, 3.63) is 64.7 Å². The van der Waals surface area contributed by atoms with Gasteiger partial charge in [0.1, 0.15) is 11.3 Å². The first-order chi connectivity index (χ1) is 9.93. The van der Waals surface area contributed by atoms with Crippen molar-refractivity contribution in [2.24, 2.45) is 0 Å². The minimum Gasteiger partial charge on any atom is -0.477 e. The van der Waals surface area contributed by atoms with Crippen molar-refractivity contribution in [3.63, 3.8) is 0 Å². The highest BCUT2D eigenvalue weighted by Gasteiger charge is 2.29. The van der Waals surface area contributed by atoms with E-state index in [0.717, 1.165) is 0 Å². The molecule has 0 radical (unpaired) electrons. The fourth-order valence-electron chi connectivity index (χ4n) is 1.76. The first-order valence-electron chi connectivity index (χ1n) is 5.80. The molecule has 2 rings (SSSR count). The number of hydrogen-bond acceptors (Lipinski definition) is 2. The molecule has 21 heavy (non-hydrogen) atoms. The van der Waals surface area contributed by atoms with Crippen LogP contribution in [0.2, 0.25) is 0 Å². The summed E-state index contributed by atoms with van der Waals surface area (Å²) in [4.78, 5) is 10.6. The van der Waals surface area contributed by atoms with Crippen LogP contribution in [0.1, 0.15) is 15.9 Å². The summed E-state index contributed by atoms with van der Waals surface area (Å²) in [6, 6.07) is 8.37. The molecule has 7 heteroatoms. The molecule has 3 nitrogen and oxygen atoms in total. The zero-order valence-electron chi connectivity index (χ0n) is 10.5. The maximum absolute atomic E-state index is 13.7.